The number of carbonyl (C=O) groups excluding carboxylic acids is 1. The summed E-state index contributed by atoms with van der Waals surface area (Å²) >= 11 is 1.50. The molecular formula is C13H19NO3S. The van der Waals surface area contributed by atoms with Crippen molar-refractivity contribution in [2.45, 2.75) is 31.6 Å². The number of aliphatic hydroxyl groups is 1. The molecule has 5 heteroatoms. The zero-order valence-electron chi connectivity index (χ0n) is 10.5. The molecule has 1 aromatic heterocycles. The molecule has 1 aromatic rings. The van der Waals surface area contributed by atoms with Gasteiger partial charge in [-0.25, -0.2) is 0 Å². The summed E-state index contributed by atoms with van der Waals surface area (Å²) in [5.74, 6) is 1.48. The van der Waals surface area contributed by atoms with Gasteiger partial charge in [-0.2, -0.15) is 0 Å². The number of carbonyl (C=O) groups is 1. The number of amides is 1. The number of nitrogens with one attached hydrogen (secondary N) is 1. The van der Waals surface area contributed by atoms with Gasteiger partial charge in [0.25, 0.3) is 0 Å². The molecule has 0 aliphatic rings. The zero-order chi connectivity index (χ0) is 13.2. The minimum Gasteiger partial charge on any atom is -0.468 e. The standard InChI is InChI=1S/C13H19NO3S/c1-2-11(5-7-15)14-13(16)6-9-18-10-12-4-3-8-17-12/h3-4,6,8-9,11,15H,2,5,7,10H2,1H3,(H,14,16)/b9-6+. The van der Waals surface area contributed by atoms with E-state index < -0.39 is 0 Å². The molecule has 0 saturated heterocycles. The maximum absolute atomic E-state index is 11.5. The summed E-state index contributed by atoms with van der Waals surface area (Å²) in [6.45, 7) is 2.08. The van der Waals surface area contributed by atoms with Crippen molar-refractivity contribution in [1.82, 2.24) is 5.32 Å². The average Bonchev–Trinajstić information content (AvgIpc) is 2.87. The second-order valence-electron chi connectivity index (χ2n) is 3.82. The molecule has 0 radical (unpaired) electrons. The van der Waals surface area contributed by atoms with Crippen LogP contribution in [0.3, 0.4) is 0 Å². The van der Waals surface area contributed by atoms with Crippen LogP contribution in [0.5, 0.6) is 0 Å². The first-order chi connectivity index (χ1) is 8.76. The summed E-state index contributed by atoms with van der Waals surface area (Å²) in [5, 5.41) is 13.4. The fraction of sp³-hybridized carbons (Fsp3) is 0.462. The van der Waals surface area contributed by atoms with Gasteiger partial charge >= 0.3 is 0 Å². The highest BCUT2D eigenvalue weighted by Crippen LogP contribution is 2.13. The fourth-order valence-corrected chi connectivity index (χ4v) is 2.06. The van der Waals surface area contributed by atoms with Crippen LogP contribution < -0.4 is 5.32 Å². The second-order valence-corrected chi connectivity index (χ2v) is 4.71. The van der Waals surface area contributed by atoms with Crippen LogP contribution in [-0.4, -0.2) is 23.7 Å². The van der Waals surface area contributed by atoms with E-state index in [1.165, 1.54) is 17.8 Å². The molecule has 1 unspecified atom stereocenters. The van der Waals surface area contributed by atoms with Gasteiger partial charge < -0.3 is 14.8 Å². The van der Waals surface area contributed by atoms with Gasteiger partial charge in [-0.3, -0.25) is 4.79 Å². The lowest BCUT2D eigenvalue weighted by molar-refractivity contribution is -0.117. The van der Waals surface area contributed by atoms with Gasteiger partial charge in [-0.15, -0.1) is 11.8 Å². The summed E-state index contributed by atoms with van der Waals surface area (Å²) in [6.07, 6.45) is 4.55. The Morgan fingerprint density at radius 1 is 1.67 bits per heavy atom. The van der Waals surface area contributed by atoms with E-state index in [0.717, 1.165) is 12.2 Å². The zero-order valence-corrected chi connectivity index (χ0v) is 11.3. The molecule has 1 heterocycles. The van der Waals surface area contributed by atoms with Gasteiger partial charge in [0.05, 0.1) is 12.0 Å². The minimum atomic E-state index is -0.123. The Kier molecular flexibility index (Phi) is 7.29. The molecule has 0 saturated carbocycles. The van der Waals surface area contributed by atoms with Crippen molar-refractivity contribution in [3.8, 4) is 0 Å². The van der Waals surface area contributed by atoms with E-state index in [4.69, 9.17) is 9.52 Å². The molecule has 100 valence electrons. The molecule has 0 aromatic carbocycles. The maximum Gasteiger partial charge on any atom is 0.244 e. The molecule has 1 atom stereocenters. The number of rotatable bonds is 8. The van der Waals surface area contributed by atoms with Gasteiger partial charge in [-0.05, 0) is 30.4 Å². The van der Waals surface area contributed by atoms with Gasteiger partial charge in [0, 0.05) is 18.7 Å². The van der Waals surface area contributed by atoms with Crippen molar-refractivity contribution in [3.63, 3.8) is 0 Å². The molecule has 1 amide bonds. The van der Waals surface area contributed by atoms with Crippen LogP contribution in [0.2, 0.25) is 0 Å². The molecular weight excluding hydrogens is 250 g/mol. The lowest BCUT2D eigenvalue weighted by atomic mass is 10.1. The first kappa shape index (κ1) is 14.9. The normalized spacial score (nSPS) is 12.8. The van der Waals surface area contributed by atoms with Crippen molar-refractivity contribution < 1.29 is 14.3 Å². The molecule has 4 nitrogen and oxygen atoms in total. The summed E-state index contributed by atoms with van der Waals surface area (Å²) in [4.78, 5) is 11.5. The topological polar surface area (TPSA) is 62.5 Å². The monoisotopic (exact) mass is 269 g/mol. The van der Waals surface area contributed by atoms with Crippen molar-refractivity contribution >= 4 is 17.7 Å². The minimum absolute atomic E-state index is 0.0437. The van der Waals surface area contributed by atoms with Crippen molar-refractivity contribution in [3.05, 3.63) is 35.6 Å². The largest absolute Gasteiger partial charge is 0.468 e. The van der Waals surface area contributed by atoms with Crippen molar-refractivity contribution in [2.75, 3.05) is 6.61 Å². The Morgan fingerprint density at radius 3 is 3.11 bits per heavy atom. The van der Waals surface area contributed by atoms with Crippen LogP contribution in [0.15, 0.2) is 34.3 Å². The van der Waals surface area contributed by atoms with Gasteiger partial charge in [0.2, 0.25) is 5.91 Å². The summed E-state index contributed by atoms with van der Waals surface area (Å²) in [7, 11) is 0. The van der Waals surface area contributed by atoms with Crippen LogP contribution in [0.25, 0.3) is 0 Å². The number of furan rings is 1. The maximum atomic E-state index is 11.5. The summed E-state index contributed by atoms with van der Waals surface area (Å²) in [5.41, 5.74) is 0. The summed E-state index contributed by atoms with van der Waals surface area (Å²) in [6, 6.07) is 3.78. The third-order valence-electron chi connectivity index (χ3n) is 2.44. The highest BCUT2D eigenvalue weighted by atomic mass is 32.2. The molecule has 0 fully saturated rings. The Bertz CT molecular complexity index is 362. The number of aliphatic hydroxyl groups excluding tert-OH is 1. The SMILES string of the molecule is CCC(CCO)NC(=O)/C=C/SCc1ccco1. The van der Waals surface area contributed by atoms with Crippen LogP contribution in [0.1, 0.15) is 25.5 Å². The predicted octanol–water partition coefficient (Wildman–Crippen LogP) is 2.30. The van der Waals surface area contributed by atoms with Gasteiger partial charge in [-0.1, -0.05) is 6.92 Å². The quantitative estimate of drug-likeness (QED) is 0.711. The lowest BCUT2D eigenvalue weighted by Crippen LogP contribution is -2.33. The average molecular weight is 269 g/mol. The van der Waals surface area contributed by atoms with Gasteiger partial charge in [0.1, 0.15) is 5.76 Å². The molecule has 2 N–H and O–H groups in total. The molecule has 0 aliphatic carbocycles. The van der Waals surface area contributed by atoms with Crippen LogP contribution in [-0.2, 0) is 10.5 Å². The molecule has 1 rings (SSSR count). The highest BCUT2D eigenvalue weighted by molar-refractivity contribution is 8.01. The highest BCUT2D eigenvalue weighted by Gasteiger charge is 2.06. The van der Waals surface area contributed by atoms with E-state index in [-0.39, 0.29) is 18.6 Å². The molecule has 0 spiro atoms. The van der Waals surface area contributed by atoms with Crippen LogP contribution in [0.4, 0.5) is 0 Å². The molecule has 0 bridgehead atoms. The Hall–Kier alpha value is -1.20. The van der Waals surface area contributed by atoms with E-state index in [9.17, 15) is 4.79 Å². The molecule has 0 aliphatic heterocycles. The van der Waals surface area contributed by atoms with E-state index in [2.05, 4.69) is 5.32 Å². The van der Waals surface area contributed by atoms with Crippen molar-refractivity contribution in [1.29, 1.82) is 0 Å². The predicted molar refractivity (Wildman–Crippen MR) is 73.1 cm³/mol. The third kappa shape index (κ3) is 5.93. The third-order valence-corrected chi connectivity index (χ3v) is 3.22. The Labute approximate surface area is 111 Å². The van der Waals surface area contributed by atoms with Crippen molar-refractivity contribution in [2.24, 2.45) is 0 Å². The van der Waals surface area contributed by atoms with Crippen LogP contribution in [0, 0.1) is 0 Å². The Balaban J connectivity index is 2.22. The lowest BCUT2D eigenvalue weighted by Gasteiger charge is -2.13. The second kappa shape index (κ2) is 8.83. The number of hydrogen-bond acceptors (Lipinski definition) is 4. The number of thioether (sulfide) groups is 1. The van der Waals surface area contributed by atoms with E-state index in [1.54, 1.807) is 11.7 Å². The first-order valence-corrected chi connectivity index (χ1v) is 7.03. The summed E-state index contributed by atoms with van der Waals surface area (Å²) < 4.78 is 5.17. The van der Waals surface area contributed by atoms with E-state index in [1.807, 2.05) is 19.1 Å². The first-order valence-electron chi connectivity index (χ1n) is 5.98. The number of hydrogen-bond donors (Lipinski definition) is 2. The Morgan fingerprint density at radius 2 is 2.50 bits per heavy atom. The fourth-order valence-electron chi connectivity index (χ4n) is 1.42. The molecule has 18 heavy (non-hydrogen) atoms. The smallest absolute Gasteiger partial charge is 0.244 e. The van der Waals surface area contributed by atoms with E-state index >= 15 is 0 Å². The van der Waals surface area contributed by atoms with Gasteiger partial charge in [0.15, 0.2) is 0 Å². The van der Waals surface area contributed by atoms with E-state index in [0.29, 0.717) is 12.2 Å². The van der Waals surface area contributed by atoms with Crippen LogP contribution >= 0.6 is 11.8 Å².